The predicted octanol–water partition coefficient (Wildman–Crippen LogP) is 1.69. The van der Waals surface area contributed by atoms with E-state index in [9.17, 15) is 0 Å². The molecule has 0 amide bonds. The number of ether oxygens (including phenoxy) is 1. The summed E-state index contributed by atoms with van der Waals surface area (Å²) >= 11 is 0. The highest BCUT2D eigenvalue weighted by Crippen LogP contribution is 2.25. The van der Waals surface area contributed by atoms with Gasteiger partial charge in [0.2, 0.25) is 0 Å². The molecule has 0 aromatic rings. The van der Waals surface area contributed by atoms with Crippen molar-refractivity contribution in [2.75, 3.05) is 45.9 Å². The molecule has 1 saturated heterocycles. The largest absolute Gasteiger partial charge is 0.379 e. The van der Waals surface area contributed by atoms with Crippen LogP contribution in [-0.4, -0.2) is 56.8 Å². The lowest BCUT2D eigenvalue weighted by Gasteiger charge is -2.26. The first-order valence-electron chi connectivity index (χ1n) is 8.23. The zero-order valence-corrected chi connectivity index (χ0v) is 14.3. The minimum Gasteiger partial charge on any atom is -0.379 e. The van der Waals surface area contributed by atoms with Crippen molar-refractivity contribution >= 4 is 5.96 Å². The van der Waals surface area contributed by atoms with Gasteiger partial charge in [-0.3, -0.25) is 9.89 Å². The van der Waals surface area contributed by atoms with Gasteiger partial charge in [-0.1, -0.05) is 27.7 Å². The highest BCUT2D eigenvalue weighted by atomic mass is 16.5. The molecule has 5 heteroatoms. The summed E-state index contributed by atoms with van der Waals surface area (Å²) in [5.74, 6) is 1.27. The number of guanidine groups is 1. The topological polar surface area (TPSA) is 62.9 Å². The molecule has 0 aromatic heterocycles. The van der Waals surface area contributed by atoms with Gasteiger partial charge in [0.1, 0.15) is 0 Å². The normalized spacial score (nSPS) is 18.2. The molecular weight excluding hydrogens is 264 g/mol. The molecule has 0 aromatic carbocycles. The fourth-order valence-corrected chi connectivity index (χ4v) is 2.87. The van der Waals surface area contributed by atoms with Crippen LogP contribution < -0.4 is 11.1 Å². The van der Waals surface area contributed by atoms with Crippen LogP contribution in [0.5, 0.6) is 0 Å². The molecule has 21 heavy (non-hydrogen) atoms. The van der Waals surface area contributed by atoms with E-state index in [2.05, 4.69) is 42.9 Å². The lowest BCUT2D eigenvalue weighted by Crippen LogP contribution is -2.39. The van der Waals surface area contributed by atoms with E-state index in [4.69, 9.17) is 10.5 Å². The monoisotopic (exact) mass is 298 g/mol. The van der Waals surface area contributed by atoms with Crippen LogP contribution in [-0.2, 0) is 4.74 Å². The van der Waals surface area contributed by atoms with E-state index in [1.54, 1.807) is 0 Å². The molecule has 1 aliphatic rings. The second-order valence-electron chi connectivity index (χ2n) is 7.20. The molecule has 1 heterocycles. The Morgan fingerprint density at radius 2 is 2.00 bits per heavy atom. The number of morpholine rings is 1. The SMILES string of the molecule is CC(C)CC(C)(C)CN=C(N)NCCCN1CCOCC1. The maximum Gasteiger partial charge on any atom is 0.188 e. The first-order chi connectivity index (χ1) is 9.89. The van der Waals surface area contributed by atoms with E-state index >= 15 is 0 Å². The van der Waals surface area contributed by atoms with Gasteiger partial charge in [-0.2, -0.15) is 0 Å². The summed E-state index contributed by atoms with van der Waals surface area (Å²) in [7, 11) is 0. The van der Waals surface area contributed by atoms with Crippen LogP contribution in [0.15, 0.2) is 4.99 Å². The van der Waals surface area contributed by atoms with Crippen LogP contribution in [0.25, 0.3) is 0 Å². The van der Waals surface area contributed by atoms with Crippen molar-refractivity contribution in [2.24, 2.45) is 22.1 Å². The first-order valence-corrected chi connectivity index (χ1v) is 8.23. The van der Waals surface area contributed by atoms with E-state index in [0.717, 1.165) is 52.4 Å². The Labute approximate surface area is 130 Å². The van der Waals surface area contributed by atoms with Crippen molar-refractivity contribution in [1.29, 1.82) is 0 Å². The molecule has 1 aliphatic heterocycles. The molecule has 3 N–H and O–H groups in total. The molecule has 1 fully saturated rings. The summed E-state index contributed by atoms with van der Waals surface area (Å²) in [6, 6.07) is 0. The summed E-state index contributed by atoms with van der Waals surface area (Å²) in [4.78, 5) is 6.92. The lowest BCUT2D eigenvalue weighted by atomic mass is 9.84. The molecule has 0 bridgehead atoms. The van der Waals surface area contributed by atoms with Crippen LogP contribution in [0.3, 0.4) is 0 Å². The average Bonchev–Trinajstić information content (AvgIpc) is 2.41. The molecule has 0 spiro atoms. The van der Waals surface area contributed by atoms with Gasteiger partial charge < -0.3 is 15.8 Å². The van der Waals surface area contributed by atoms with E-state index in [0.29, 0.717) is 11.9 Å². The summed E-state index contributed by atoms with van der Waals surface area (Å²) in [5.41, 5.74) is 6.15. The molecule has 1 rings (SSSR count). The van der Waals surface area contributed by atoms with E-state index < -0.39 is 0 Å². The Morgan fingerprint density at radius 1 is 1.33 bits per heavy atom. The van der Waals surface area contributed by atoms with E-state index in [1.165, 1.54) is 6.42 Å². The number of rotatable bonds is 8. The van der Waals surface area contributed by atoms with Crippen molar-refractivity contribution in [1.82, 2.24) is 10.2 Å². The molecule has 0 aliphatic carbocycles. The third-order valence-corrected chi connectivity index (χ3v) is 3.70. The molecule has 0 radical (unpaired) electrons. The number of aliphatic imine (C=N–C) groups is 1. The first kappa shape index (κ1) is 18.2. The van der Waals surface area contributed by atoms with Gasteiger partial charge in [0.15, 0.2) is 5.96 Å². The Hall–Kier alpha value is -0.810. The van der Waals surface area contributed by atoms with Crippen molar-refractivity contribution < 1.29 is 4.74 Å². The fraction of sp³-hybridized carbons (Fsp3) is 0.938. The van der Waals surface area contributed by atoms with Gasteiger partial charge in [0.25, 0.3) is 0 Å². The summed E-state index contributed by atoms with van der Waals surface area (Å²) in [6.07, 6.45) is 2.26. The summed E-state index contributed by atoms with van der Waals surface area (Å²) < 4.78 is 5.34. The Kier molecular flexibility index (Phi) is 8.04. The third-order valence-electron chi connectivity index (χ3n) is 3.70. The van der Waals surface area contributed by atoms with Gasteiger partial charge in [-0.05, 0) is 30.7 Å². The highest BCUT2D eigenvalue weighted by Gasteiger charge is 2.18. The average molecular weight is 298 g/mol. The molecule has 124 valence electrons. The third kappa shape index (κ3) is 8.94. The number of nitrogens with zero attached hydrogens (tertiary/aromatic N) is 2. The van der Waals surface area contributed by atoms with Crippen molar-refractivity contribution in [3.8, 4) is 0 Å². The Morgan fingerprint density at radius 3 is 2.62 bits per heavy atom. The minimum absolute atomic E-state index is 0.217. The Bertz CT molecular complexity index is 309. The standard InChI is InChI=1S/C16H34N4O/c1-14(2)12-16(3,4)13-19-15(17)18-6-5-7-20-8-10-21-11-9-20/h14H,5-13H2,1-4H3,(H3,17,18,19). The van der Waals surface area contributed by atoms with Crippen LogP contribution in [0.1, 0.15) is 40.5 Å². The maximum atomic E-state index is 5.94. The zero-order chi connectivity index (χ0) is 15.7. The predicted molar refractivity (Wildman–Crippen MR) is 89.6 cm³/mol. The summed E-state index contributed by atoms with van der Waals surface area (Å²) in [6.45, 7) is 15.6. The number of nitrogens with one attached hydrogen (secondary N) is 1. The second kappa shape index (κ2) is 9.26. The quantitative estimate of drug-likeness (QED) is 0.407. The number of hydrogen-bond donors (Lipinski definition) is 2. The minimum atomic E-state index is 0.217. The van der Waals surface area contributed by atoms with Gasteiger partial charge in [0, 0.05) is 26.2 Å². The van der Waals surface area contributed by atoms with Crippen LogP contribution >= 0.6 is 0 Å². The zero-order valence-electron chi connectivity index (χ0n) is 14.3. The molecule has 0 unspecified atom stereocenters. The highest BCUT2D eigenvalue weighted by molar-refractivity contribution is 5.77. The molecule has 0 atom stereocenters. The fourth-order valence-electron chi connectivity index (χ4n) is 2.87. The summed E-state index contributed by atoms with van der Waals surface area (Å²) in [5, 5.41) is 3.22. The van der Waals surface area contributed by atoms with Crippen molar-refractivity contribution in [3.63, 3.8) is 0 Å². The number of hydrogen-bond acceptors (Lipinski definition) is 3. The van der Waals surface area contributed by atoms with Crippen molar-refractivity contribution in [2.45, 2.75) is 40.5 Å². The smallest absolute Gasteiger partial charge is 0.188 e. The van der Waals surface area contributed by atoms with Gasteiger partial charge in [0.05, 0.1) is 13.2 Å². The number of nitrogens with two attached hydrogens (primary N) is 1. The van der Waals surface area contributed by atoms with Crippen molar-refractivity contribution in [3.05, 3.63) is 0 Å². The van der Waals surface area contributed by atoms with E-state index in [-0.39, 0.29) is 5.41 Å². The lowest BCUT2D eigenvalue weighted by molar-refractivity contribution is 0.0376. The maximum absolute atomic E-state index is 5.94. The van der Waals surface area contributed by atoms with Gasteiger partial charge in [-0.15, -0.1) is 0 Å². The van der Waals surface area contributed by atoms with Gasteiger partial charge in [-0.25, -0.2) is 0 Å². The van der Waals surface area contributed by atoms with Crippen LogP contribution in [0.2, 0.25) is 0 Å². The molecule has 0 saturated carbocycles. The molecule has 5 nitrogen and oxygen atoms in total. The molecular formula is C16H34N4O. The second-order valence-corrected chi connectivity index (χ2v) is 7.20. The Balaban J connectivity index is 2.14. The van der Waals surface area contributed by atoms with Gasteiger partial charge >= 0.3 is 0 Å². The van der Waals surface area contributed by atoms with Crippen LogP contribution in [0, 0.1) is 11.3 Å². The van der Waals surface area contributed by atoms with E-state index in [1.807, 2.05) is 0 Å². The van der Waals surface area contributed by atoms with Crippen LogP contribution in [0.4, 0.5) is 0 Å².